The largest absolute Gasteiger partial charge is 0.340 e. The Balaban J connectivity index is 2.71. The normalized spacial score (nSPS) is 10.2. The third-order valence-corrected chi connectivity index (χ3v) is 2.76. The Bertz CT molecular complexity index is 715. The van der Waals surface area contributed by atoms with Crippen LogP contribution in [0.5, 0.6) is 0 Å². The molecule has 0 spiro atoms. The zero-order valence-corrected chi connectivity index (χ0v) is 10.5. The molecular weight excluding hydrogens is 290 g/mol. The number of halogens is 1. The van der Waals surface area contributed by atoms with Gasteiger partial charge in [-0.1, -0.05) is 11.6 Å². The van der Waals surface area contributed by atoms with Crippen molar-refractivity contribution in [3.63, 3.8) is 0 Å². The average Bonchev–Trinajstić information content (AvgIpc) is 2.39. The van der Waals surface area contributed by atoms with E-state index in [0.29, 0.717) is 10.7 Å². The first-order valence-corrected chi connectivity index (χ1v) is 5.59. The third-order valence-electron chi connectivity index (χ3n) is 2.51. The Labute approximate surface area is 116 Å². The van der Waals surface area contributed by atoms with Crippen LogP contribution in [0.25, 0.3) is 5.69 Å². The van der Waals surface area contributed by atoms with Crippen LogP contribution < -0.4 is 5.43 Å². The standard InChI is InChI=1S/C11H6ClN3O5/c12-7-1-3-8(4-2-7)13-5-9(14(17)18)11(16)10(6-13)15(19)20/h1-6H. The molecule has 0 fully saturated rings. The molecule has 0 N–H and O–H groups in total. The van der Waals surface area contributed by atoms with Gasteiger partial charge >= 0.3 is 16.8 Å². The lowest BCUT2D eigenvalue weighted by atomic mass is 10.3. The molecule has 20 heavy (non-hydrogen) atoms. The summed E-state index contributed by atoms with van der Waals surface area (Å²) in [5.74, 6) is 0. The van der Waals surface area contributed by atoms with E-state index in [4.69, 9.17) is 11.6 Å². The van der Waals surface area contributed by atoms with Gasteiger partial charge in [-0.3, -0.25) is 25.0 Å². The van der Waals surface area contributed by atoms with Crippen LogP contribution in [-0.2, 0) is 0 Å². The molecule has 2 aromatic rings. The third kappa shape index (κ3) is 2.50. The van der Waals surface area contributed by atoms with E-state index in [2.05, 4.69) is 0 Å². The van der Waals surface area contributed by atoms with E-state index >= 15 is 0 Å². The highest BCUT2D eigenvalue weighted by molar-refractivity contribution is 6.30. The molecule has 0 unspecified atom stereocenters. The molecule has 0 saturated heterocycles. The number of rotatable bonds is 3. The molecule has 1 heterocycles. The number of nitrogens with zero attached hydrogens (tertiary/aromatic N) is 3. The van der Waals surface area contributed by atoms with Gasteiger partial charge in [0.05, 0.1) is 22.2 Å². The molecule has 2 rings (SSSR count). The van der Waals surface area contributed by atoms with Gasteiger partial charge < -0.3 is 4.57 Å². The highest BCUT2D eigenvalue weighted by atomic mass is 35.5. The first kappa shape index (κ1) is 13.7. The summed E-state index contributed by atoms with van der Waals surface area (Å²) in [6, 6.07) is 6.07. The van der Waals surface area contributed by atoms with Crippen LogP contribution in [0, 0.1) is 20.2 Å². The second-order valence-electron chi connectivity index (χ2n) is 3.76. The van der Waals surface area contributed by atoms with Gasteiger partial charge in [0.2, 0.25) is 0 Å². The van der Waals surface area contributed by atoms with E-state index in [0.717, 1.165) is 17.0 Å². The Morgan fingerprint density at radius 2 is 1.40 bits per heavy atom. The topological polar surface area (TPSA) is 108 Å². The lowest BCUT2D eigenvalue weighted by Gasteiger charge is -2.06. The maximum Gasteiger partial charge on any atom is 0.340 e. The Morgan fingerprint density at radius 1 is 0.950 bits per heavy atom. The van der Waals surface area contributed by atoms with Crippen molar-refractivity contribution in [3.8, 4) is 5.69 Å². The van der Waals surface area contributed by atoms with Crippen LogP contribution in [0.2, 0.25) is 5.02 Å². The van der Waals surface area contributed by atoms with Crippen molar-refractivity contribution in [2.45, 2.75) is 0 Å². The maximum absolute atomic E-state index is 11.6. The van der Waals surface area contributed by atoms with Crippen LogP contribution in [0.4, 0.5) is 11.4 Å². The maximum atomic E-state index is 11.6. The smallest absolute Gasteiger partial charge is 0.310 e. The second kappa shape index (κ2) is 5.10. The Morgan fingerprint density at radius 3 is 1.80 bits per heavy atom. The highest BCUT2D eigenvalue weighted by Gasteiger charge is 2.24. The zero-order chi connectivity index (χ0) is 14.9. The molecule has 8 nitrogen and oxygen atoms in total. The van der Waals surface area contributed by atoms with E-state index in [1.165, 1.54) is 24.3 Å². The molecule has 0 aliphatic carbocycles. The van der Waals surface area contributed by atoms with Gasteiger partial charge in [-0.2, -0.15) is 0 Å². The van der Waals surface area contributed by atoms with Gasteiger partial charge in [0.25, 0.3) is 0 Å². The zero-order valence-electron chi connectivity index (χ0n) is 9.72. The molecule has 0 aliphatic heterocycles. The molecule has 0 atom stereocenters. The molecule has 1 aromatic heterocycles. The van der Waals surface area contributed by atoms with Crippen molar-refractivity contribution in [2.75, 3.05) is 0 Å². The molecular formula is C11H6ClN3O5. The molecule has 0 aliphatic rings. The molecule has 0 amide bonds. The minimum atomic E-state index is -1.23. The fourth-order valence-electron chi connectivity index (χ4n) is 1.57. The van der Waals surface area contributed by atoms with Crippen LogP contribution in [-0.4, -0.2) is 14.4 Å². The van der Waals surface area contributed by atoms with Crippen LogP contribution in [0.1, 0.15) is 0 Å². The van der Waals surface area contributed by atoms with Crippen molar-refractivity contribution >= 4 is 23.0 Å². The van der Waals surface area contributed by atoms with Crippen LogP contribution in [0.15, 0.2) is 41.5 Å². The van der Waals surface area contributed by atoms with Crippen molar-refractivity contribution in [3.05, 3.63) is 72.1 Å². The second-order valence-corrected chi connectivity index (χ2v) is 4.19. The predicted octanol–water partition coefficient (Wildman–Crippen LogP) is 2.31. The number of hydrogen-bond donors (Lipinski definition) is 0. The summed E-state index contributed by atoms with van der Waals surface area (Å²) in [5.41, 5.74) is -2.56. The van der Waals surface area contributed by atoms with E-state index in [9.17, 15) is 25.0 Å². The number of hydrogen-bond acceptors (Lipinski definition) is 5. The van der Waals surface area contributed by atoms with Gasteiger partial charge in [-0.15, -0.1) is 0 Å². The average molecular weight is 296 g/mol. The molecule has 0 saturated carbocycles. The van der Waals surface area contributed by atoms with Crippen molar-refractivity contribution in [2.24, 2.45) is 0 Å². The molecule has 1 aromatic carbocycles. The van der Waals surface area contributed by atoms with Gasteiger partial charge in [-0.25, -0.2) is 0 Å². The van der Waals surface area contributed by atoms with Gasteiger partial charge in [0.1, 0.15) is 0 Å². The molecule has 102 valence electrons. The SMILES string of the molecule is O=c1c([N+](=O)[O-])cn(-c2ccc(Cl)cc2)cc1[N+](=O)[O-]. The van der Waals surface area contributed by atoms with E-state index in [1.807, 2.05) is 0 Å². The fraction of sp³-hybridized carbons (Fsp3) is 0. The number of nitro groups is 2. The predicted molar refractivity (Wildman–Crippen MR) is 70.4 cm³/mol. The monoisotopic (exact) mass is 295 g/mol. The quantitative estimate of drug-likeness (QED) is 0.637. The van der Waals surface area contributed by atoms with E-state index in [-0.39, 0.29) is 0 Å². The van der Waals surface area contributed by atoms with Crippen LogP contribution >= 0.6 is 11.6 Å². The van der Waals surface area contributed by atoms with E-state index in [1.54, 1.807) is 0 Å². The summed E-state index contributed by atoms with van der Waals surface area (Å²) in [4.78, 5) is 31.2. The Hall–Kier alpha value is -2.74. The first-order chi connectivity index (χ1) is 9.40. The van der Waals surface area contributed by atoms with Crippen molar-refractivity contribution in [1.82, 2.24) is 4.57 Å². The fourth-order valence-corrected chi connectivity index (χ4v) is 1.70. The number of benzene rings is 1. The summed E-state index contributed by atoms with van der Waals surface area (Å²) < 4.78 is 1.13. The van der Waals surface area contributed by atoms with Crippen molar-refractivity contribution < 1.29 is 9.85 Å². The van der Waals surface area contributed by atoms with Gasteiger partial charge in [0, 0.05) is 10.7 Å². The summed E-state index contributed by atoms with van der Waals surface area (Å²) in [7, 11) is 0. The first-order valence-electron chi connectivity index (χ1n) is 5.21. The molecule has 0 radical (unpaired) electrons. The van der Waals surface area contributed by atoms with E-state index < -0.39 is 26.7 Å². The lowest BCUT2D eigenvalue weighted by Crippen LogP contribution is -2.15. The van der Waals surface area contributed by atoms with Crippen molar-refractivity contribution in [1.29, 1.82) is 0 Å². The number of aromatic nitrogens is 1. The summed E-state index contributed by atoms with van der Waals surface area (Å²) in [6.45, 7) is 0. The molecule has 0 bridgehead atoms. The minimum Gasteiger partial charge on any atom is -0.310 e. The van der Waals surface area contributed by atoms with Gasteiger partial charge in [-0.05, 0) is 24.3 Å². The minimum absolute atomic E-state index is 0.403. The Kier molecular flexibility index (Phi) is 3.49. The van der Waals surface area contributed by atoms with Gasteiger partial charge in [0.15, 0.2) is 0 Å². The summed E-state index contributed by atoms with van der Waals surface area (Å²) in [6.07, 6.45) is 1.86. The van der Waals surface area contributed by atoms with Crippen LogP contribution in [0.3, 0.4) is 0 Å². The lowest BCUT2D eigenvalue weighted by molar-refractivity contribution is -0.397. The summed E-state index contributed by atoms with van der Waals surface area (Å²) in [5, 5.41) is 22.0. The summed E-state index contributed by atoms with van der Waals surface area (Å²) >= 11 is 5.71. The highest BCUT2D eigenvalue weighted by Crippen LogP contribution is 2.18. The molecule has 9 heteroatoms. The number of pyridine rings is 1.